The number of hydrogen-bond donors (Lipinski definition) is 0. The van der Waals surface area contributed by atoms with Gasteiger partial charge in [0.05, 0.1) is 11.3 Å². The predicted molar refractivity (Wildman–Crippen MR) is 99.5 cm³/mol. The molecule has 0 bridgehead atoms. The van der Waals surface area contributed by atoms with Gasteiger partial charge in [-0.05, 0) is 25.1 Å². The number of carbonyl (C=O) groups excluding carboxylic acids is 2. The molecule has 1 amide bonds. The molecule has 0 spiro atoms. The Kier molecular flexibility index (Phi) is 5.78. The zero-order valence-corrected chi connectivity index (χ0v) is 15.7. The van der Waals surface area contributed by atoms with Gasteiger partial charge in [-0.2, -0.15) is 8.78 Å². The molecule has 1 aliphatic rings. The summed E-state index contributed by atoms with van der Waals surface area (Å²) in [6, 6.07) is 5.88. The number of aliphatic imine (C=N–C) groups is 1. The van der Waals surface area contributed by atoms with E-state index >= 15 is 0 Å². The van der Waals surface area contributed by atoms with E-state index in [0.29, 0.717) is 17.4 Å². The number of para-hydroxylation sites is 1. The summed E-state index contributed by atoms with van der Waals surface area (Å²) in [6.45, 7) is 0.701. The van der Waals surface area contributed by atoms with Gasteiger partial charge in [0.25, 0.3) is 0 Å². The summed E-state index contributed by atoms with van der Waals surface area (Å²) >= 11 is 1.25. The number of aromatic nitrogens is 1. The first-order chi connectivity index (χ1) is 13.4. The number of carbonyl (C=O) groups is 2. The fraction of sp³-hybridized carbons (Fsp3) is 0.222. The van der Waals surface area contributed by atoms with Crippen molar-refractivity contribution in [3.05, 3.63) is 46.6 Å². The monoisotopic (exact) mass is 407 g/mol. The van der Waals surface area contributed by atoms with Crippen molar-refractivity contribution < 1.29 is 27.8 Å². The van der Waals surface area contributed by atoms with Crippen LogP contribution in [0.25, 0.3) is 6.08 Å². The van der Waals surface area contributed by atoms with Crippen molar-refractivity contribution >= 4 is 40.3 Å². The molecule has 0 radical (unpaired) electrons. The lowest BCUT2D eigenvalue weighted by molar-refractivity contribution is -0.130. The number of nitrogens with zero attached hydrogens (tertiary/aromatic N) is 3. The molecular formula is C18H15F2N3O4S. The Morgan fingerprint density at radius 2 is 2.14 bits per heavy atom. The van der Waals surface area contributed by atoms with Crippen LogP contribution in [0.4, 0.5) is 13.9 Å². The van der Waals surface area contributed by atoms with Crippen LogP contribution in [0.5, 0.6) is 5.75 Å². The van der Waals surface area contributed by atoms with Crippen molar-refractivity contribution in [2.75, 3.05) is 11.4 Å². The second-order valence-corrected chi connectivity index (χ2v) is 6.37. The molecule has 10 heteroatoms. The van der Waals surface area contributed by atoms with Gasteiger partial charge in [0.1, 0.15) is 5.75 Å². The van der Waals surface area contributed by atoms with Gasteiger partial charge >= 0.3 is 12.6 Å². The molecular weight excluding hydrogens is 392 g/mol. The van der Waals surface area contributed by atoms with Crippen molar-refractivity contribution in [3.8, 4) is 5.75 Å². The number of benzene rings is 1. The molecule has 0 saturated carbocycles. The summed E-state index contributed by atoms with van der Waals surface area (Å²) in [4.78, 5) is 33.6. The first kappa shape index (κ1) is 19.6. The minimum atomic E-state index is -3.02. The SMILES string of the molecule is CCN(C(C)=O)c1nc(/C=C2\N=C(c3ccccc3OC(F)F)OC2=O)cs1. The first-order valence-electron chi connectivity index (χ1n) is 8.19. The number of hydrogen-bond acceptors (Lipinski definition) is 7. The molecule has 1 aliphatic heterocycles. The van der Waals surface area contributed by atoms with E-state index in [0.717, 1.165) is 0 Å². The topological polar surface area (TPSA) is 81.1 Å². The Bertz CT molecular complexity index is 971. The van der Waals surface area contributed by atoms with E-state index in [1.54, 1.807) is 11.4 Å². The molecule has 0 N–H and O–H groups in total. The lowest BCUT2D eigenvalue weighted by atomic mass is 10.2. The van der Waals surface area contributed by atoms with Crippen molar-refractivity contribution in [3.63, 3.8) is 0 Å². The lowest BCUT2D eigenvalue weighted by Gasteiger charge is -2.14. The van der Waals surface area contributed by atoms with Crippen LogP contribution in [0.15, 0.2) is 40.3 Å². The van der Waals surface area contributed by atoms with Gasteiger partial charge < -0.3 is 9.47 Å². The van der Waals surface area contributed by atoms with Crippen LogP contribution in [-0.4, -0.2) is 35.9 Å². The molecule has 2 heterocycles. The van der Waals surface area contributed by atoms with Gasteiger partial charge in [-0.1, -0.05) is 12.1 Å². The third kappa shape index (κ3) is 4.22. The zero-order valence-electron chi connectivity index (χ0n) is 14.9. The summed E-state index contributed by atoms with van der Waals surface area (Å²) in [5, 5.41) is 2.16. The van der Waals surface area contributed by atoms with Gasteiger partial charge in [-0.3, -0.25) is 9.69 Å². The smallest absolute Gasteiger partial charge is 0.387 e. The average Bonchev–Trinajstić information content (AvgIpc) is 3.23. The highest BCUT2D eigenvalue weighted by atomic mass is 32.1. The molecule has 3 rings (SSSR count). The van der Waals surface area contributed by atoms with Crippen molar-refractivity contribution in [1.82, 2.24) is 4.98 Å². The molecule has 2 aromatic rings. The van der Waals surface area contributed by atoms with Crippen LogP contribution < -0.4 is 9.64 Å². The van der Waals surface area contributed by atoms with Crippen LogP contribution in [0.1, 0.15) is 25.1 Å². The maximum Gasteiger partial charge on any atom is 0.387 e. The zero-order chi connectivity index (χ0) is 20.3. The largest absolute Gasteiger partial charge is 0.434 e. The van der Waals surface area contributed by atoms with Crippen molar-refractivity contribution in [2.24, 2.45) is 4.99 Å². The molecule has 1 aromatic carbocycles. The number of anilines is 1. The lowest BCUT2D eigenvalue weighted by Crippen LogP contribution is -2.27. The number of thiazole rings is 1. The summed E-state index contributed by atoms with van der Waals surface area (Å²) in [6.07, 6.45) is 1.40. The highest BCUT2D eigenvalue weighted by molar-refractivity contribution is 7.14. The van der Waals surface area contributed by atoms with Gasteiger partial charge in [0.2, 0.25) is 11.8 Å². The number of cyclic esters (lactones) is 1. The predicted octanol–water partition coefficient (Wildman–Crippen LogP) is 3.46. The van der Waals surface area contributed by atoms with Crippen LogP contribution in [-0.2, 0) is 14.3 Å². The Labute approximate surface area is 162 Å². The van der Waals surface area contributed by atoms with Crippen LogP contribution in [0.2, 0.25) is 0 Å². The Morgan fingerprint density at radius 3 is 2.82 bits per heavy atom. The standard InChI is InChI=1S/C18H15F2N3O4S/c1-3-23(10(2)24)18-21-11(9-28-18)8-13-16(25)27-15(22-13)12-6-4-5-7-14(12)26-17(19)20/h4-9,17H,3H2,1-2H3/b13-8-. The van der Waals surface area contributed by atoms with Crippen molar-refractivity contribution in [2.45, 2.75) is 20.5 Å². The van der Waals surface area contributed by atoms with Crippen molar-refractivity contribution in [1.29, 1.82) is 0 Å². The molecule has 28 heavy (non-hydrogen) atoms. The molecule has 0 fully saturated rings. The second-order valence-electron chi connectivity index (χ2n) is 5.53. The Hall–Kier alpha value is -3.14. The quantitative estimate of drug-likeness (QED) is 0.541. The fourth-order valence-corrected chi connectivity index (χ4v) is 3.36. The third-order valence-corrected chi connectivity index (χ3v) is 4.56. The second kappa shape index (κ2) is 8.26. The van der Waals surface area contributed by atoms with E-state index in [4.69, 9.17) is 4.74 Å². The number of ether oxygens (including phenoxy) is 2. The summed E-state index contributed by atoms with van der Waals surface area (Å²) in [5.74, 6) is -1.18. The number of esters is 1. The van der Waals surface area contributed by atoms with Gasteiger partial charge in [0.15, 0.2) is 10.8 Å². The minimum absolute atomic E-state index is 0.0374. The van der Waals surface area contributed by atoms with Gasteiger partial charge in [0, 0.05) is 18.8 Å². The number of rotatable bonds is 6. The highest BCUT2D eigenvalue weighted by Crippen LogP contribution is 2.27. The van der Waals surface area contributed by atoms with Gasteiger partial charge in [-0.25, -0.2) is 14.8 Å². The molecule has 0 saturated heterocycles. The maximum atomic E-state index is 12.6. The molecule has 0 unspecified atom stereocenters. The average molecular weight is 407 g/mol. The summed E-state index contributed by atoms with van der Waals surface area (Å²) in [5.41, 5.74) is 0.519. The highest BCUT2D eigenvalue weighted by Gasteiger charge is 2.27. The van der Waals surface area contributed by atoms with Crippen LogP contribution >= 0.6 is 11.3 Å². The molecule has 1 aromatic heterocycles. The fourth-order valence-electron chi connectivity index (χ4n) is 2.47. The number of halogens is 2. The van der Waals surface area contributed by atoms with E-state index < -0.39 is 12.6 Å². The van der Waals surface area contributed by atoms with E-state index in [2.05, 4.69) is 14.7 Å². The maximum absolute atomic E-state index is 12.6. The Balaban J connectivity index is 1.89. The number of alkyl halides is 2. The molecule has 0 atom stereocenters. The summed E-state index contributed by atoms with van der Waals surface area (Å²) in [7, 11) is 0. The molecule has 7 nitrogen and oxygen atoms in total. The first-order valence-corrected chi connectivity index (χ1v) is 9.07. The van der Waals surface area contributed by atoms with E-state index in [-0.39, 0.29) is 28.8 Å². The Morgan fingerprint density at radius 1 is 1.39 bits per heavy atom. The third-order valence-electron chi connectivity index (χ3n) is 3.68. The van der Waals surface area contributed by atoms with Crippen LogP contribution in [0.3, 0.4) is 0 Å². The van der Waals surface area contributed by atoms with E-state index in [1.807, 2.05) is 6.92 Å². The molecule has 0 aliphatic carbocycles. The van der Waals surface area contributed by atoms with Gasteiger partial charge in [-0.15, -0.1) is 11.3 Å². The van der Waals surface area contributed by atoms with E-state index in [9.17, 15) is 18.4 Å². The molecule has 146 valence electrons. The summed E-state index contributed by atoms with van der Waals surface area (Å²) < 4.78 is 34.7. The van der Waals surface area contributed by atoms with Crippen LogP contribution in [0, 0.1) is 0 Å². The van der Waals surface area contributed by atoms with E-state index in [1.165, 1.54) is 47.4 Å². The number of amides is 1. The minimum Gasteiger partial charge on any atom is -0.434 e. The normalized spacial score (nSPS) is 15.0.